The minimum Gasteiger partial charge on any atom is -0.497 e. The highest BCUT2D eigenvalue weighted by atomic mass is 16.5. The molecule has 1 aliphatic rings. The van der Waals surface area contributed by atoms with Crippen LogP contribution in [-0.2, 0) is 6.54 Å². The van der Waals surface area contributed by atoms with Crippen LogP contribution in [0.2, 0.25) is 0 Å². The van der Waals surface area contributed by atoms with E-state index in [-0.39, 0.29) is 11.5 Å². The lowest BCUT2D eigenvalue weighted by atomic mass is 9.95. The second-order valence-electron chi connectivity index (χ2n) is 8.07. The fourth-order valence-electron chi connectivity index (χ4n) is 4.84. The van der Waals surface area contributed by atoms with E-state index >= 15 is 0 Å². The Morgan fingerprint density at radius 2 is 1.56 bits per heavy atom. The average molecular weight is 428 g/mol. The summed E-state index contributed by atoms with van der Waals surface area (Å²) in [7, 11) is 4.89. The highest BCUT2D eigenvalue weighted by Gasteiger charge is 2.33. The van der Waals surface area contributed by atoms with Crippen molar-refractivity contribution in [1.82, 2.24) is 4.57 Å². The van der Waals surface area contributed by atoms with Crippen molar-refractivity contribution in [1.29, 1.82) is 0 Å². The standard InChI is InChI=1S/C27H25NO4/c1-16-20-13-23(31-3)24(32-4)14-21(20)26-25(16)19-11-10-18(30-2)12-22(19)27(29)28(26)15-17-8-6-5-7-9-17/h5-14,16H,15H2,1-4H3. The van der Waals surface area contributed by atoms with Gasteiger partial charge in [0.1, 0.15) is 5.75 Å². The van der Waals surface area contributed by atoms with Crippen LogP contribution in [0.25, 0.3) is 22.0 Å². The lowest BCUT2D eigenvalue weighted by Gasteiger charge is -2.17. The summed E-state index contributed by atoms with van der Waals surface area (Å²) in [5.74, 6) is 2.11. The molecule has 5 nitrogen and oxygen atoms in total. The van der Waals surface area contributed by atoms with Crippen molar-refractivity contribution < 1.29 is 14.2 Å². The van der Waals surface area contributed by atoms with Gasteiger partial charge < -0.3 is 18.8 Å². The Bertz CT molecular complexity index is 1390. The molecule has 1 aromatic heterocycles. The Hall–Kier alpha value is -3.73. The van der Waals surface area contributed by atoms with Gasteiger partial charge in [0.25, 0.3) is 5.56 Å². The van der Waals surface area contributed by atoms with E-state index in [1.165, 1.54) is 0 Å². The third kappa shape index (κ3) is 2.96. The number of aromatic nitrogens is 1. The first-order chi connectivity index (χ1) is 15.6. The van der Waals surface area contributed by atoms with Gasteiger partial charge in [-0.1, -0.05) is 43.3 Å². The topological polar surface area (TPSA) is 49.7 Å². The van der Waals surface area contributed by atoms with Crippen LogP contribution in [-0.4, -0.2) is 25.9 Å². The third-order valence-corrected chi connectivity index (χ3v) is 6.41. The van der Waals surface area contributed by atoms with Crippen LogP contribution < -0.4 is 19.8 Å². The van der Waals surface area contributed by atoms with Gasteiger partial charge in [-0.15, -0.1) is 0 Å². The number of hydrogen-bond donors (Lipinski definition) is 0. The van der Waals surface area contributed by atoms with E-state index in [0.29, 0.717) is 29.2 Å². The van der Waals surface area contributed by atoms with Crippen molar-refractivity contribution in [3.8, 4) is 28.5 Å². The Morgan fingerprint density at radius 3 is 2.25 bits per heavy atom. The summed E-state index contributed by atoms with van der Waals surface area (Å²) in [4.78, 5) is 13.8. The van der Waals surface area contributed by atoms with Gasteiger partial charge >= 0.3 is 0 Å². The summed E-state index contributed by atoms with van der Waals surface area (Å²) in [6, 6.07) is 19.8. The van der Waals surface area contributed by atoms with E-state index in [9.17, 15) is 4.79 Å². The zero-order valence-corrected chi connectivity index (χ0v) is 18.6. The van der Waals surface area contributed by atoms with Gasteiger partial charge in [0.15, 0.2) is 11.5 Å². The van der Waals surface area contributed by atoms with Crippen molar-refractivity contribution in [2.24, 2.45) is 0 Å². The highest BCUT2D eigenvalue weighted by Crippen LogP contribution is 2.50. The van der Waals surface area contributed by atoms with Crippen molar-refractivity contribution in [3.63, 3.8) is 0 Å². The Morgan fingerprint density at radius 1 is 0.844 bits per heavy atom. The van der Waals surface area contributed by atoms with E-state index in [2.05, 4.69) is 6.92 Å². The van der Waals surface area contributed by atoms with Crippen molar-refractivity contribution in [3.05, 3.63) is 87.7 Å². The van der Waals surface area contributed by atoms with Crippen LogP contribution in [0.1, 0.15) is 29.5 Å². The fourth-order valence-corrected chi connectivity index (χ4v) is 4.84. The molecule has 1 aliphatic carbocycles. The molecule has 0 amide bonds. The van der Waals surface area contributed by atoms with Crippen LogP contribution >= 0.6 is 0 Å². The Balaban J connectivity index is 1.87. The van der Waals surface area contributed by atoms with Crippen LogP contribution in [0.15, 0.2) is 65.5 Å². The van der Waals surface area contributed by atoms with Crippen LogP contribution in [0, 0.1) is 0 Å². The largest absolute Gasteiger partial charge is 0.497 e. The monoisotopic (exact) mass is 427 g/mol. The average Bonchev–Trinajstić information content (AvgIpc) is 3.12. The number of hydrogen-bond acceptors (Lipinski definition) is 4. The quantitative estimate of drug-likeness (QED) is 0.439. The summed E-state index contributed by atoms with van der Waals surface area (Å²) in [5, 5.41) is 1.62. The van der Waals surface area contributed by atoms with Gasteiger partial charge in [-0.3, -0.25) is 4.79 Å². The third-order valence-electron chi connectivity index (χ3n) is 6.41. The summed E-state index contributed by atoms with van der Waals surface area (Å²) in [6.45, 7) is 2.66. The second kappa shape index (κ2) is 7.75. The molecule has 0 radical (unpaired) electrons. The second-order valence-corrected chi connectivity index (χ2v) is 8.07. The number of pyridine rings is 1. The number of fused-ring (bicyclic) bond motifs is 5. The number of rotatable bonds is 5. The first-order valence-electron chi connectivity index (χ1n) is 10.6. The van der Waals surface area contributed by atoms with Gasteiger partial charge in [-0.2, -0.15) is 0 Å². The summed E-state index contributed by atoms with van der Waals surface area (Å²) in [5.41, 5.74) is 5.26. The van der Waals surface area contributed by atoms with E-state index in [0.717, 1.165) is 33.3 Å². The maximum Gasteiger partial charge on any atom is 0.259 e. The number of methoxy groups -OCH3 is 3. The van der Waals surface area contributed by atoms with Gasteiger partial charge in [-0.25, -0.2) is 0 Å². The van der Waals surface area contributed by atoms with Gasteiger partial charge in [0.05, 0.1) is 39.0 Å². The smallest absolute Gasteiger partial charge is 0.259 e. The molecule has 0 saturated heterocycles. The molecule has 1 heterocycles. The highest BCUT2D eigenvalue weighted by molar-refractivity contribution is 5.95. The molecule has 32 heavy (non-hydrogen) atoms. The van der Waals surface area contributed by atoms with Gasteiger partial charge in [-0.05, 0) is 46.3 Å². The first kappa shape index (κ1) is 20.2. The molecule has 0 spiro atoms. The minimum absolute atomic E-state index is 0.0312. The lowest BCUT2D eigenvalue weighted by molar-refractivity contribution is 0.354. The van der Waals surface area contributed by atoms with E-state index < -0.39 is 0 Å². The van der Waals surface area contributed by atoms with Crippen LogP contribution in [0.3, 0.4) is 0 Å². The molecule has 162 valence electrons. The lowest BCUT2D eigenvalue weighted by Crippen LogP contribution is -2.23. The van der Waals surface area contributed by atoms with E-state index in [1.54, 1.807) is 21.3 Å². The molecule has 0 bridgehead atoms. The molecule has 4 aromatic rings. The maximum absolute atomic E-state index is 13.8. The van der Waals surface area contributed by atoms with E-state index in [1.807, 2.05) is 65.2 Å². The summed E-state index contributed by atoms with van der Waals surface area (Å²) < 4.78 is 18.5. The Labute approximate surface area is 186 Å². The molecule has 0 N–H and O–H groups in total. The predicted molar refractivity (Wildman–Crippen MR) is 126 cm³/mol. The molecule has 3 aromatic carbocycles. The minimum atomic E-state index is -0.0312. The van der Waals surface area contributed by atoms with Crippen LogP contribution in [0.4, 0.5) is 0 Å². The van der Waals surface area contributed by atoms with E-state index in [4.69, 9.17) is 14.2 Å². The molecule has 0 aliphatic heterocycles. The summed E-state index contributed by atoms with van der Waals surface area (Å²) >= 11 is 0. The SMILES string of the molecule is COc1ccc2c3c(n(Cc4ccccc4)c(=O)c2c1)-c1cc(OC)c(OC)cc1C3C. The molecule has 5 heteroatoms. The zero-order chi connectivity index (χ0) is 22.4. The molecular formula is C27H25NO4. The molecule has 1 atom stereocenters. The van der Waals surface area contributed by atoms with Crippen molar-refractivity contribution in [2.45, 2.75) is 19.4 Å². The maximum atomic E-state index is 13.8. The molecule has 1 unspecified atom stereocenters. The van der Waals surface area contributed by atoms with Crippen LogP contribution in [0.5, 0.6) is 17.2 Å². The molecule has 5 rings (SSSR count). The van der Waals surface area contributed by atoms with Crippen molar-refractivity contribution in [2.75, 3.05) is 21.3 Å². The number of nitrogens with zero attached hydrogens (tertiary/aromatic N) is 1. The van der Waals surface area contributed by atoms with Gasteiger partial charge in [0.2, 0.25) is 0 Å². The van der Waals surface area contributed by atoms with Gasteiger partial charge in [0, 0.05) is 11.5 Å². The first-order valence-corrected chi connectivity index (χ1v) is 10.6. The predicted octanol–water partition coefficient (Wildman–Crippen LogP) is 5.21. The molecular weight excluding hydrogens is 402 g/mol. The zero-order valence-electron chi connectivity index (χ0n) is 18.6. The Kier molecular flexibility index (Phi) is 4.89. The molecule has 0 saturated carbocycles. The molecule has 0 fully saturated rings. The number of ether oxygens (including phenoxy) is 3. The summed E-state index contributed by atoms with van der Waals surface area (Å²) in [6.07, 6.45) is 0. The van der Waals surface area contributed by atoms with Crippen molar-refractivity contribution >= 4 is 10.8 Å². The number of benzene rings is 3. The fraction of sp³-hybridized carbons (Fsp3) is 0.222. The normalized spacial score (nSPS) is 14.2.